The second-order valence-electron chi connectivity index (χ2n) is 10.7. The van der Waals surface area contributed by atoms with Crippen molar-refractivity contribution in [1.29, 1.82) is 0 Å². The SMILES string of the molecule is COc1cc(C(=O)NC2CCN(C)CC2)ccc1Nc1ncc(C(F)(F)F)c(Oc2cccc3c2C(=O)C(C)(C)O3)n1. The number of ether oxygens (including phenoxy) is 3. The van der Waals surface area contributed by atoms with E-state index in [1.807, 2.05) is 7.05 Å². The number of Topliss-reactive ketones (excluding diaryl/α,β-unsaturated/α-hetero) is 1. The number of rotatable bonds is 7. The van der Waals surface area contributed by atoms with Crippen LogP contribution >= 0.6 is 0 Å². The summed E-state index contributed by atoms with van der Waals surface area (Å²) in [6.07, 6.45) is -2.56. The van der Waals surface area contributed by atoms with E-state index in [-0.39, 0.29) is 40.7 Å². The van der Waals surface area contributed by atoms with E-state index >= 15 is 0 Å². The number of ketones is 1. The number of likely N-dealkylation sites (tertiary alicyclic amines) is 1. The first-order valence-corrected chi connectivity index (χ1v) is 13.3. The fraction of sp³-hybridized carbons (Fsp3) is 0.379. The summed E-state index contributed by atoms with van der Waals surface area (Å²) in [6.45, 7) is 4.91. The number of halogens is 3. The molecule has 2 aliphatic heterocycles. The number of fused-ring (bicyclic) bond motifs is 1. The highest BCUT2D eigenvalue weighted by Crippen LogP contribution is 2.44. The zero-order valence-corrected chi connectivity index (χ0v) is 23.5. The van der Waals surface area contributed by atoms with E-state index in [1.165, 1.54) is 31.4 Å². The van der Waals surface area contributed by atoms with Gasteiger partial charge in [0.05, 0.1) is 12.8 Å². The molecule has 1 amide bonds. The van der Waals surface area contributed by atoms with Crippen LogP contribution in [0.2, 0.25) is 0 Å². The Labute approximate surface area is 240 Å². The van der Waals surface area contributed by atoms with Gasteiger partial charge in [0.2, 0.25) is 17.6 Å². The first-order chi connectivity index (χ1) is 19.9. The van der Waals surface area contributed by atoms with Gasteiger partial charge in [-0.3, -0.25) is 9.59 Å². The zero-order chi connectivity index (χ0) is 30.2. The van der Waals surface area contributed by atoms with Crippen molar-refractivity contribution in [3.05, 3.63) is 59.3 Å². The Morgan fingerprint density at radius 1 is 1.14 bits per heavy atom. The molecule has 0 saturated carbocycles. The van der Waals surface area contributed by atoms with Gasteiger partial charge in [-0.15, -0.1) is 0 Å². The van der Waals surface area contributed by atoms with Crippen LogP contribution in [0.1, 0.15) is 53.0 Å². The van der Waals surface area contributed by atoms with Crippen LogP contribution in [0.5, 0.6) is 23.1 Å². The fourth-order valence-electron chi connectivity index (χ4n) is 4.81. The van der Waals surface area contributed by atoms with Crippen molar-refractivity contribution in [2.75, 3.05) is 32.6 Å². The Morgan fingerprint density at radius 2 is 1.88 bits per heavy atom. The van der Waals surface area contributed by atoms with Gasteiger partial charge >= 0.3 is 6.18 Å². The Bertz CT molecular complexity index is 1520. The summed E-state index contributed by atoms with van der Waals surface area (Å²) < 4.78 is 58.3. The molecule has 3 heterocycles. The standard InChI is InChI=1S/C29H30F3N5O5/c1-28(2)24(38)23-20(6-5-7-21(23)42-28)41-26-18(29(30,31)32)15-33-27(36-26)35-19-9-8-16(14-22(19)40-4)25(39)34-17-10-12-37(3)13-11-17/h5-9,14-15,17H,10-13H2,1-4H3,(H,34,39)(H,33,35,36). The minimum atomic E-state index is -4.84. The maximum Gasteiger partial charge on any atom is 0.423 e. The monoisotopic (exact) mass is 585 g/mol. The highest BCUT2D eigenvalue weighted by atomic mass is 19.4. The molecule has 2 aromatic carbocycles. The lowest BCUT2D eigenvalue weighted by Gasteiger charge is -2.29. The van der Waals surface area contributed by atoms with Gasteiger partial charge in [-0.25, -0.2) is 4.98 Å². The summed E-state index contributed by atoms with van der Waals surface area (Å²) in [6, 6.07) is 9.12. The van der Waals surface area contributed by atoms with Crippen molar-refractivity contribution in [3.8, 4) is 23.1 Å². The van der Waals surface area contributed by atoms with Crippen LogP contribution in [0.4, 0.5) is 24.8 Å². The molecule has 0 aliphatic carbocycles. The van der Waals surface area contributed by atoms with Gasteiger partial charge in [0, 0.05) is 17.8 Å². The van der Waals surface area contributed by atoms with Crippen LogP contribution in [0, 0.1) is 0 Å². The van der Waals surface area contributed by atoms with Crippen LogP contribution in [-0.2, 0) is 6.18 Å². The molecular weight excluding hydrogens is 555 g/mol. The van der Waals surface area contributed by atoms with Gasteiger partial charge in [-0.1, -0.05) is 6.07 Å². The summed E-state index contributed by atoms with van der Waals surface area (Å²) in [7, 11) is 3.44. The molecule has 1 fully saturated rings. The van der Waals surface area contributed by atoms with E-state index in [2.05, 4.69) is 25.5 Å². The molecule has 42 heavy (non-hydrogen) atoms. The molecule has 0 bridgehead atoms. The van der Waals surface area contributed by atoms with E-state index in [0.29, 0.717) is 17.4 Å². The maximum atomic E-state index is 13.9. The predicted molar refractivity (Wildman–Crippen MR) is 147 cm³/mol. The van der Waals surface area contributed by atoms with Gasteiger partial charge in [-0.05, 0) is 77.2 Å². The number of methoxy groups -OCH3 is 1. The minimum Gasteiger partial charge on any atom is -0.495 e. The third-order valence-electron chi connectivity index (χ3n) is 7.16. The second kappa shape index (κ2) is 11.1. The van der Waals surface area contributed by atoms with Crippen LogP contribution in [0.25, 0.3) is 0 Å². The molecule has 0 radical (unpaired) electrons. The predicted octanol–water partition coefficient (Wildman–Crippen LogP) is 5.22. The number of amides is 1. The third-order valence-corrected chi connectivity index (χ3v) is 7.16. The molecule has 1 aromatic heterocycles. The average Bonchev–Trinajstić information content (AvgIpc) is 3.18. The lowest BCUT2D eigenvalue weighted by molar-refractivity contribution is -0.139. The smallest absolute Gasteiger partial charge is 0.423 e. The molecule has 10 nitrogen and oxygen atoms in total. The molecule has 0 spiro atoms. The summed E-state index contributed by atoms with van der Waals surface area (Å²) in [4.78, 5) is 35.7. The van der Waals surface area contributed by atoms with E-state index in [0.717, 1.165) is 25.9 Å². The quantitative estimate of drug-likeness (QED) is 0.385. The summed E-state index contributed by atoms with van der Waals surface area (Å²) in [5.74, 6) is -1.40. The summed E-state index contributed by atoms with van der Waals surface area (Å²) in [5, 5.41) is 5.86. The van der Waals surface area contributed by atoms with Crippen molar-refractivity contribution in [2.24, 2.45) is 0 Å². The highest BCUT2D eigenvalue weighted by molar-refractivity contribution is 6.09. The Hall–Kier alpha value is -4.39. The Kier molecular flexibility index (Phi) is 7.71. The number of nitrogens with zero attached hydrogens (tertiary/aromatic N) is 3. The first kappa shape index (κ1) is 29.1. The Morgan fingerprint density at radius 3 is 2.57 bits per heavy atom. The second-order valence-corrected chi connectivity index (χ2v) is 10.7. The topological polar surface area (TPSA) is 115 Å². The number of hydrogen-bond donors (Lipinski definition) is 2. The van der Waals surface area contributed by atoms with Gasteiger partial charge in [0.15, 0.2) is 5.60 Å². The number of alkyl halides is 3. The molecule has 5 rings (SSSR count). The largest absolute Gasteiger partial charge is 0.495 e. The van der Waals surface area contributed by atoms with Gasteiger partial charge < -0.3 is 29.7 Å². The number of anilines is 2. The van der Waals surface area contributed by atoms with Crippen LogP contribution in [0.3, 0.4) is 0 Å². The molecule has 222 valence electrons. The van der Waals surface area contributed by atoms with Crippen molar-refractivity contribution < 1.29 is 37.0 Å². The van der Waals surface area contributed by atoms with Crippen molar-refractivity contribution in [1.82, 2.24) is 20.2 Å². The molecule has 2 aliphatic rings. The lowest BCUT2D eigenvalue weighted by atomic mass is 9.99. The number of nitrogens with one attached hydrogen (secondary N) is 2. The first-order valence-electron chi connectivity index (χ1n) is 13.3. The van der Waals surface area contributed by atoms with Crippen LogP contribution in [0.15, 0.2) is 42.6 Å². The van der Waals surface area contributed by atoms with E-state index in [1.54, 1.807) is 26.0 Å². The molecule has 0 unspecified atom stereocenters. The normalized spacial score (nSPS) is 16.9. The molecular formula is C29H30F3N5O5. The number of hydrogen-bond acceptors (Lipinski definition) is 9. The molecule has 1 saturated heterocycles. The summed E-state index contributed by atoms with van der Waals surface area (Å²) >= 11 is 0. The zero-order valence-electron chi connectivity index (χ0n) is 23.5. The number of carbonyl (C=O) groups excluding carboxylic acids is 2. The van der Waals surface area contributed by atoms with Crippen molar-refractivity contribution >= 4 is 23.3 Å². The molecule has 3 aromatic rings. The lowest BCUT2D eigenvalue weighted by Crippen LogP contribution is -2.43. The number of carbonyl (C=O) groups is 2. The van der Waals surface area contributed by atoms with Crippen LogP contribution in [-0.4, -0.2) is 65.4 Å². The number of aromatic nitrogens is 2. The molecule has 13 heteroatoms. The average molecular weight is 586 g/mol. The van der Waals surface area contributed by atoms with Gasteiger partial charge in [0.25, 0.3) is 5.91 Å². The third kappa shape index (κ3) is 5.96. The highest BCUT2D eigenvalue weighted by Gasteiger charge is 2.43. The van der Waals surface area contributed by atoms with E-state index in [4.69, 9.17) is 14.2 Å². The van der Waals surface area contributed by atoms with Crippen molar-refractivity contribution in [2.45, 2.75) is 44.5 Å². The van der Waals surface area contributed by atoms with Gasteiger partial charge in [0.1, 0.15) is 28.4 Å². The van der Waals surface area contributed by atoms with Crippen LogP contribution < -0.4 is 24.8 Å². The molecule has 0 atom stereocenters. The fourth-order valence-corrected chi connectivity index (χ4v) is 4.81. The maximum absolute atomic E-state index is 13.9. The number of benzene rings is 2. The Balaban J connectivity index is 1.40. The van der Waals surface area contributed by atoms with E-state index < -0.39 is 29.0 Å². The van der Waals surface area contributed by atoms with Gasteiger partial charge in [-0.2, -0.15) is 18.2 Å². The summed E-state index contributed by atoms with van der Waals surface area (Å²) in [5.41, 5.74) is -1.73. The van der Waals surface area contributed by atoms with E-state index in [9.17, 15) is 22.8 Å². The number of piperidine rings is 1. The molecule has 2 N–H and O–H groups in total. The minimum absolute atomic E-state index is 0.0273. The van der Waals surface area contributed by atoms with Crippen molar-refractivity contribution in [3.63, 3.8) is 0 Å².